The standard InChI is InChI=1S/C26H41BrIN5O5/c1-30-8-2-9-32(18-25(35)36)13-12-31(10-3-11-33(20-28)19-26(37)38)17-22(16-30)14-21-4-6-23(7-5-21)29-24(34)15-27/h4-7,22H,2-3,8-20H2,1H3,(H,29,34)(H,35,36)(H,37,38). The smallest absolute Gasteiger partial charge is 0.317 e. The molecule has 10 nitrogen and oxygen atoms in total. The van der Waals surface area contributed by atoms with Crippen LogP contribution in [0.25, 0.3) is 0 Å². The van der Waals surface area contributed by atoms with Gasteiger partial charge in [-0.15, -0.1) is 0 Å². The third kappa shape index (κ3) is 13.7. The molecule has 0 spiro atoms. The van der Waals surface area contributed by atoms with Crippen LogP contribution in [0.5, 0.6) is 0 Å². The van der Waals surface area contributed by atoms with E-state index in [4.69, 9.17) is 5.11 Å². The molecule has 1 fully saturated rings. The van der Waals surface area contributed by atoms with Gasteiger partial charge in [0.15, 0.2) is 0 Å². The van der Waals surface area contributed by atoms with Gasteiger partial charge >= 0.3 is 11.9 Å². The lowest BCUT2D eigenvalue weighted by atomic mass is 9.97. The van der Waals surface area contributed by atoms with Gasteiger partial charge in [-0.1, -0.05) is 50.7 Å². The summed E-state index contributed by atoms with van der Waals surface area (Å²) >= 11 is 5.37. The van der Waals surface area contributed by atoms with Crippen molar-refractivity contribution in [3.63, 3.8) is 0 Å². The average Bonchev–Trinajstić information content (AvgIpc) is 2.89. The second-order valence-corrected chi connectivity index (χ2v) is 11.2. The number of amides is 1. The molecule has 1 atom stereocenters. The fourth-order valence-electron chi connectivity index (χ4n) is 4.83. The maximum absolute atomic E-state index is 11.7. The van der Waals surface area contributed by atoms with Gasteiger partial charge in [-0.25, -0.2) is 0 Å². The molecule has 1 aliphatic rings. The van der Waals surface area contributed by atoms with Crippen LogP contribution in [0.3, 0.4) is 0 Å². The quantitative estimate of drug-likeness (QED) is 0.161. The lowest BCUT2D eigenvalue weighted by Crippen LogP contribution is -2.42. The van der Waals surface area contributed by atoms with Crippen molar-refractivity contribution in [3.05, 3.63) is 29.8 Å². The van der Waals surface area contributed by atoms with Gasteiger partial charge in [0.25, 0.3) is 0 Å². The minimum Gasteiger partial charge on any atom is -0.480 e. The monoisotopic (exact) mass is 709 g/mol. The molecule has 0 saturated carbocycles. The molecule has 214 valence electrons. The molecule has 3 N–H and O–H groups in total. The first-order valence-electron chi connectivity index (χ1n) is 13.0. The molecule has 1 saturated heterocycles. The Labute approximate surface area is 248 Å². The van der Waals surface area contributed by atoms with Gasteiger partial charge in [0.2, 0.25) is 5.91 Å². The number of carboxylic acids is 2. The summed E-state index contributed by atoms with van der Waals surface area (Å²) in [6.45, 7) is 6.52. The van der Waals surface area contributed by atoms with Crippen molar-refractivity contribution in [2.24, 2.45) is 5.92 Å². The van der Waals surface area contributed by atoms with Gasteiger partial charge in [0, 0.05) is 45.0 Å². The molecular formula is C26H41BrIN5O5. The molecular weight excluding hydrogens is 669 g/mol. The van der Waals surface area contributed by atoms with E-state index in [1.54, 1.807) is 0 Å². The predicted octanol–water partition coefficient (Wildman–Crippen LogP) is 2.37. The van der Waals surface area contributed by atoms with Crippen LogP contribution >= 0.6 is 38.5 Å². The number of hydrogen-bond donors (Lipinski definition) is 3. The van der Waals surface area contributed by atoms with E-state index < -0.39 is 11.9 Å². The third-order valence-corrected chi connectivity index (χ3v) is 8.03. The first-order chi connectivity index (χ1) is 18.2. The van der Waals surface area contributed by atoms with Crippen LogP contribution in [0.1, 0.15) is 18.4 Å². The van der Waals surface area contributed by atoms with E-state index in [9.17, 15) is 19.5 Å². The number of carbonyl (C=O) groups is 3. The fraction of sp³-hybridized carbons (Fsp3) is 0.654. The predicted molar refractivity (Wildman–Crippen MR) is 161 cm³/mol. The van der Waals surface area contributed by atoms with Gasteiger partial charge in [-0.3, -0.25) is 24.2 Å². The molecule has 0 radical (unpaired) electrons. The van der Waals surface area contributed by atoms with E-state index in [-0.39, 0.29) is 24.3 Å². The zero-order chi connectivity index (χ0) is 27.9. The Bertz CT molecular complexity index is 878. The summed E-state index contributed by atoms with van der Waals surface area (Å²) in [5, 5.41) is 21.6. The van der Waals surface area contributed by atoms with Crippen molar-refractivity contribution in [2.75, 3.05) is 87.7 Å². The minimum atomic E-state index is -0.817. The van der Waals surface area contributed by atoms with E-state index >= 15 is 0 Å². The van der Waals surface area contributed by atoms with Crippen LogP contribution in [0.15, 0.2) is 24.3 Å². The zero-order valence-corrected chi connectivity index (χ0v) is 25.9. The highest BCUT2D eigenvalue weighted by Gasteiger charge is 2.21. The summed E-state index contributed by atoms with van der Waals surface area (Å²) in [6, 6.07) is 8.01. The molecule has 1 amide bonds. The van der Waals surface area contributed by atoms with Crippen molar-refractivity contribution < 1.29 is 24.6 Å². The second kappa shape index (κ2) is 18.1. The summed E-state index contributed by atoms with van der Waals surface area (Å²) in [6.07, 6.45) is 2.66. The van der Waals surface area contributed by atoms with Crippen LogP contribution in [-0.4, -0.2) is 130 Å². The molecule has 0 aromatic heterocycles. The van der Waals surface area contributed by atoms with E-state index in [0.29, 0.717) is 23.6 Å². The van der Waals surface area contributed by atoms with Crippen LogP contribution in [0, 0.1) is 5.92 Å². The molecule has 1 heterocycles. The van der Waals surface area contributed by atoms with E-state index in [1.165, 1.54) is 5.56 Å². The molecule has 38 heavy (non-hydrogen) atoms. The number of aliphatic carboxylic acids is 2. The largest absolute Gasteiger partial charge is 0.480 e. The Morgan fingerprint density at radius 2 is 1.76 bits per heavy atom. The van der Waals surface area contributed by atoms with Gasteiger partial charge in [-0.2, -0.15) is 0 Å². The van der Waals surface area contributed by atoms with Gasteiger partial charge < -0.3 is 25.3 Å². The molecule has 1 aliphatic heterocycles. The fourth-order valence-corrected chi connectivity index (χ4v) is 5.55. The Kier molecular flexibility index (Phi) is 15.7. The van der Waals surface area contributed by atoms with Gasteiger partial charge in [0.05, 0.1) is 23.0 Å². The number of anilines is 1. The second-order valence-electron chi connectivity index (χ2n) is 9.95. The average molecular weight is 710 g/mol. The lowest BCUT2D eigenvalue weighted by molar-refractivity contribution is -0.139. The molecule has 1 unspecified atom stereocenters. The van der Waals surface area contributed by atoms with Crippen LogP contribution < -0.4 is 5.32 Å². The number of nitrogens with one attached hydrogen (secondary N) is 1. The maximum atomic E-state index is 11.7. The molecule has 12 heteroatoms. The Morgan fingerprint density at radius 1 is 1.05 bits per heavy atom. The van der Waals surface area contributed by atoms with Crippen molar-refractivity contribution in [2.45, 2.75) is 19.3 Å². The summed E-state index contributed by atoms with van der Waals surface area (Å²) in [5.41, 5.74) is 1.99. The van der Waals surface area contributed by atoms with Crippen LogP contribution in [0.4, 0.5) is 5.69 Å². The zero-order valence-electron chi connectivity index (χ0n) is 22.2. The number of carbonyl (C=O) groups excluding carboxylic acids is 1. The highest BCUT2D eigenvalue weighted by molar-refractivity contribution is 14.1. The number of rotatable bonds is 13. The maximum Gasteiger partial charge on any atom is 0.317 e. The molecule has 0 aliphatic carbocycles. The number of benzene rings is 1. The summed E-state index contributed by atoms with van der Waals surface area (Å²) in [7, 11) is 2.12. The summed E-state index contributed by atoms with van der Waals surface area (Å²) in [5.74, 6) is -1.34. The van der Waals surface area contributed by atoms with Crippen molar-refractivity contribution in [1.29, 1.82) is 0 Å². The molecule has 1 aromatic rings. The highest BCUT2D eigenvalue weighted by Crippen LogP contribution is 2.17. The van der Waals surface area contributed by atoms with E-state index in [1.807, 2.05) is 21.9 Å². The molecule has 1 aromatic carbocycles. The highest BCUT2D eigenvalue weighted by atomic mass is 127. The topological polar surface area (TPSA) is 117 Å². The summed E-state index contributed by atoms with van der Waals surface area (Å²) in [4.78, 5) is 42.9. The van der Waals surface area contributed by atoms with Crippen molar-refractivity contribution in [3.8, 4) is 0 Å². The number of carboxylic acid groups (broad SMARTS) is 2. The SMILES string of the molecule is CN1CCCN(CC(=O)O)CCN(CCCN(CI)CC(=O)O)CC(Cc2ccc(NC(=O)CBr)cc2)C1. The number of alkyl halides is 2. The minimum absolute atomic E-state index is 0.0365. The van der Waals surface area contributed by atoms with Crippen LogP contribution in [-0.2, 0) is 20.8 Å². The Balaban J connectivity index is 2.11. The van der Waals surface area contributed by atoms with Crippen molar-refractivity contribution in [1.82, 2.24) is 19.6 Å². The number of halogens is 2. The Morgan fingerprint density at radius 3 is 2.39 bits per heavy atom. The van der Waals surface area contributed by atoms with Crippen LogP contribution in [0.2, 0.25) is 0 Å². The summed E-state index contributed by atoms with van der Waals surface area (Å²) < 4.78 is 0.663. The number of hydrogen-bond acceptors (Lipinski definition) is 7. The third-order valence-electron chi connectivity index (χ3n) is 6.55. The van der Waals surface area contributed by atoms with Gasteiger partial charge in [-0.05, 0) is 63.0 Å². The molecule has 2 rings (SSSR count). The van der Waals surface area contributed by atoms with Crippen molar-refractivity contribution >= 4 is 62.1 Å². The van der Waals surface area contributed by atoms with E-state index in [2.05, 4.69) is 72.8 Å². The molecule has 0 bridgehead atoms. The first kappa shape index (κ1) is 32.9. The Hall–Kier alpha value is -1.32. The number of nitrogens with zero attached hydrogens (tertiary/aromatic N) is 4. The van der Waals surface area contributed by atoms with E-state index in [0.717, 1.165) is 64.2 Å². The van der Waals surface area contributed by atoms with Gasteiger partial charge in [0.1, 0.15) is 0 Å². The normalized spacial score (nSPS) is 18.7. The first-order valence-corrected chi connectivity index (χ1v) is 15.6. The lowest BCUT2D eigenvalue weighted by Gasteiger charge is -2.31.